The summed E-state index contributed by atoms with van der Waals surface area (Å²) in [4.78, 5) is 14.7. The molecule has 2 saturated heterocycles. The molecule has 4 nitrogen and oxygen atoms in total. The number of likely N-dealkylation sites (tertiary alicyclic amines) is 1. The molecule has 0 spiro atoms. The first-order valence-electron chi connectivity index (χ1n) is 6.92. The average molecular weight is 339 g/mol. The third kappa shape index (κ3) is 2.04. The van der Waals surface area contributed by atoms with Gasteiger partial charge in [0.15, 0.2) is 0 Å². The Bertz CT molecular complexity index is 559. The van der Waals surface area contributed by atoms with Crippen LogP contribution < -0.4 is 5.32 Å². The number of hydrogen-bond acceptors (Lipinski definition) is 3. The summed E-state index contributed by atoms with van der Waals surface area (Å²) in [6, 6.07) is 4.99. The quantitative estimate of drug-likeness (QED) is 0.825. The highest BCUT2D eigenvalue weighted by Gasteiger charge is 2.51. The Morgan fingerprint density at radius 1 is 1.45 bits per heavy atom. The Balaban J connectivity index is 1.93. The van der Waals surface area contributed by atoms with E-state index in [9.17, 15) is 9.90 Å². The molecule has 2 atom stereocenters. The van der Waals surface area contributed by atoms with Crippen LogP contribution in [0.4, 0.5) is 0 Å². The molecule has 2 heterocycles. The lowest BCUT2D eigenvalue weighted by atomic mass is 9.84. The minimum Gasteiger partial charge on any atom is -0.507 e. The largest absolute Gasteiger partial charge is 0.507 e. The topological polar surface area (TPSA) is 52.6 Å². The maximum absolute atomic E-state index is 12.8. The molecule has 0 saturated carbocycles. The predicted molar refractivity (Wildman–Crippen MR) is 80.8 cm³/mol. The van der Waals surface area contributed by atoms with Crippen molar-refractivity contribution in [3.63, 3.8) is 0 Å². The van der Waals surface area contributed by atoms with Crippen molar-refractivity contribution in [2.45, 2.75) is 19.4 Å². The van der Waals surface area contributed by atoms with Crippen LogP contribution in [0.2, 0.25) is 0 Å². The lowest BCUT2D eigenvalue weighted by Crippen LogP contribution is -2.47. The van der Waals surface area contributed by atoms with Crippen molar-refractivity contribution in [3.8, 4) is 5.75 Å². The van der Waals surface area contributed by atoms with Crippen LogP contribution in [0, 0.1) is 11.8 Å². The molecule has 0 radical (unpaired) electrons. The van der Waals surface area contributed by atoms with Gasteiger partial charge in [-0.2, -0.15) is 0 Å². The predicted octanol–water partition coefficient (Wildman–Crippen LogP) is 2.22. The fraction of sp³-hybridized carbons (Fsp3) is 0.533. The van der Waals surface area contributed by atoms with E-state index >= 15 is 0 Å². The van der Waals surface area contributed by atoms with Gasteiger partial charge in [0, 0.05) is 29.6 Å². The molecular formula is C15H19BrN2O2. The van der Waals surface area contributed by atoms with Crippen LogP contribution in [0.3, 0.4) is 0 Å². The van der Waals surface area contributed by atoms with Crippen LogP contribution in [0.15, 0.2) is 22.7 Å². The van der Waals surface area contributed by atoms with Crippen molar-refractivity contribution in [2.75, 3.05) is 19.6 Å². The summed E-state index contributed by atoms with van der Waals surface area (Å²) < 4.78 is 0.803. The highest BCUT2D eigenvalue weighted by atomic mass is 79.9. The summed E-state index contributed by atoms with van der Waals surface area (Å²) in [7, 11) is 0. The van der Waals surface area contributed by atoms with Gasteiger partial charge in [-0.15, -0.1) is 0 Å². The third-order valence-corrected chi connectivity index (χ3v) is 5.29. The number of fused-ring (bicyclic) bond motifs is 1. The fourth-order valence-corrected chi connectivity index (χ4v) is 3.95. The van der Waals surface area contributed by atoms with E-state index in [0.29, 0.717) is 17.4 Å². The van der Waals surface area contributed by atoms with E-state index < -0.39 is 0 Å². The molecule has 0 bridgehead atoms. The Labute approximate surface area is 127 Å². The van der Waals surface area contributed by atoms with Crippen molar-refractivity contribution < 1.29 is 9.90 Å². The number of benzene rings is 1. The highest BCUT2D eigenvalue weighted by molar-refractivity contribution is 9.10. The number of nitrogens with zero attached hydrogens (tertiary/aromatic N) is 1. The molecule has 2 N–H and O–H groups in total. The molecule has 2 fully saturated rings. The van der Waals surface area contributed by atoms with Gasteiger partial charge in [-0.3, -0.25) is 4.79 Å². The van der Waals surface area contributed by atoms with Crippen LogP contribution in [0.5, 0.6) is 5.75 Å². The Morgan fingerprint density at radius 3 is 2.90 bits per heavy atom. The zero-order valence-electron chi connectivity index (χ0n) is 11.7. The number of halogens is 1. The van der Waals surface area contributed by atoms with E-state index in [0.717, 1.165) is 24.1 Å². The molecule has 20 heavy (non-hydrogen) atoms. The maximum Gasteiger partial charge on any atom is 0.258 e. The van der Waals surface area contributed by atoms with Gasteiger partial charge in [0.05, 0.1) is 5.56 Å². The van der Waals surface area contributed by atoms with Crippen LogP contribution in [-0.2, 0) is 0 Å². The van der Waals surface area contributed by atoms with E-state index in [2.05, 4.69) is 35.1 Å². The number of amides is 1. The summed E-state index contributed by atoms with van der Waals surface area (Å²) in [5.41, 5.74) is 0.195. The highest BCUT2D eigenvalue weighted by Crippen LogP contribution is 2.42. The van der Waals surface area contributed by atoms with Crippen LogP contribution in [0.1, 0.15) is 24.2 Å². The summed E-state index contributed by atoms with van der Waals surface area (Å²) in [6.45, 7) is 6.94. The molecule has 0 aliphatic carbocycles. The van der Waals surface area contributed by atoms with Crippen LogP contribution >= 0.6 is 15.9 Å². The lowest BCUT2D eigenvalue weighted by Gasteiger charge is -2.35. The van der Waals surface area contributed by atoms with Crippen LogP contribution in [-0.4, -0.2) is 41.1 Å². The fourth-order valence-electron chi connectivity index (χ4n) is 3.59. The number of carbonyl (C=O) groups is 1. The minimum atomic E-state index is -0.181. The van der Waals surface area contributed by atoms with Crippen molar-refractivity contribution in [1.82, 2.24) is 10.2 Å². The van der Waals surface area contributed by atoms with Gasteiger partial charge in [0.25, 0.3) is 5.91 Å². The summed E-state index contributed by atoms with van der Waals surface area (Å²) >= 11 is 3.36. The molecule has 2 aliphatic rings. The molecule has 0 aromatic heterocycles. The molecule has 108 valence electrons. The first-order chi connectivity index (χ1) is 9.41. The summed E-state index contributed by atoms with van der Waals surface area (Å²) in [5.74, 6) is 0.969. The summed E-state index contributed by atoms with van der Waals surface area (Å²) in [6.07, 6.45) is 0. The van der Waals surface area contributed by atoms with E-state index in [1.54, 1.807) is 18.2 Å². The number of rotatable bonds is 1. The zero-order valence-corrected chi connectivity index (χ0v) is 13.3. The number of aromatic hydroxyl groups is 1. The van der Waals surface area contributed by atoms with Gasteiger partial charge < -0.3 is 15.3 Å². The number of nitrogens with one attached hydrogen (secondary N) is 1. The molecule has 5 heteroatoms. The molecular weight excluding hydrogens is 320 g/mol. The van der Waals surface area contributed by atoms with Gasteiger partial charge >= 0.3 is 0 Å². The monoisotopic (exact) mass is 338 g/mol. The molecule has 3 rings (SSSR count). The Hall–Kier alpha value is -1.07. The van der Waals surface area contributed by atoms with Crippen molar-refractivity contribution in [2.24, 2.45) is 11.8 Å². The number of phenols is 1. The van der Waals surface area contributed by atoms with Gasteiger partial charge in [-0.05, 0) is 43.9 Å². The SMILES string of the molecule is CC1(C)C2CNCC2CN1C(=O)c1cc(Br)ccc1O. The van der Waals surface area contributed by atoms with Gasteiger partial charge in [-0.1, -0.05) is 15.9 Å². The second-order valence-electron chi connectivity index (χ2n) is 6.26. The second-order valence-corrected chi connectivity index (χ2v) is 7.17. The van der Waals surface area contributed by atoms with Crippen molar-refractivity contribution in [3.05, 3.63) is 28.2 Å². The Kier molecular flexibility index (Phi) is 3.29. The van der Waals surface area contributed by atoms with E-state index in [1.807, 2.05) is 4.90 Å². The van der Waals surface area contributed by atoms with Gasteiger partial charge in [0.1, 0.15) is 5.75 Å². The lowest BCUT2D eigenvalue weighted by molar-refractivity contribution is 0.0600. The molecule has 1 aromatic rings. The third-order valence-electron chi connectivity index (χ3n) is 4.79. The zero-order chi connectivity index (χ0) is 14.5. The smallest absolute Gasteiger partial charge is 0.258 e. The molecule has 2 aliphatic heterocycles. The van der Waals surface area contributed by atoms with Crippen LogP contribution in [0.25, 0.3) is 0 Å². The number of phenolic OH excluding ortho intramolecular Hbond substituents is 1. The van der Waals surface area contributed by atoms with Crippen molar-refractivity contribution in [1.29, 1.82) is 0 Å². The normalized spacial score (nSPS) is 27.6. The minimum absolute atomic E-state index is 0.0455. The molecule has 2 unspecified atom stereocenters. The maximum atomic E-state index is 12.8. The van der Waals surface area contributed by atoms with E-state index in [4.69, 9.17) is 0 Å². The average Bonchev–Trinajstić information content (AvgIpc) is 2.94. The van der Waals surface area contributed by atoms with Gasteiger partial charge in [-0.25, -0.2) is 0 Å². The van der Waals surface area contributed by atoms with E-state index in [1.165, 1.54) is 0 Å². The molecule has 1 amide bonds. The summed E-state index contributed by atoms with van der Waals surface area (Å²) in [5, 5.41) is 13.4. The second kappa shape index (κ2) is 4.74. The van der Waals surface area contributed by atoms with Gasteiger partial charge in [0.2, 0.25) is 0 Å². The number of hydrogen-bond donors (Lipinski definition) is 2. The molecule has 1 aromatic carbocycles. The number of carbonyl (C=O) groups excluding carboxylic acids is 1. The van der Waals surface area contributed by atoms with Crippen molar-refractivity contribution >= 4 is 21.8 Å². The Morgan fingerprint density at radius 2 is 2.20 bits per heavy atom. The van der Waals surface area contributed by atoms with E-state index in [-0.39, 0.29) is 17.2 Å². The first kappa shape index (κ1) is 13.9. The standard InChI is InChI=1S/C15H19BrN2O2/c1-15(2)12-7-17-6-9(12)8-18(15)14(20)11-5-10(16)3-4-13(11)19/h3-5,9,12,17,19H,6-8H2,1-2H3. The first-order valence-corrected chi connectivity index (χ1v) is 7.72.